The molecule has 0 unspecified atom stereocenters. The molecule has 0 aromatic heterocycles. The van der Waals surface area contributed by atoms with E-state index in [1.165, 1.54) is 0 Å². The molecule has 0 aromatic carbocycles. The number of hydrogen-bond donors (Lipinski definition) is 0. The summed E-state index contributed by atoms with van der Waals surface area (Å²) in [6.45, 7) is 8.83. The Bertz CT molecular complexity index is 285. The molecule has 3 atom stereocenters. The van der Waals surface area contributed by atoms with E-state index in [1.807, 2.05) is 6.92 Å². The summed E-state index contributed by atoms with van der Waals surface area (Å²) < 4.78 is 10.7. The molecule has 3 heteroatoms. The Balaban J connectivity index is 1.90. The highest BCUT2D eigenvalue weighted by Gasteiger charge is 2.73. The lowest BCUT2D eigenvalue weighted by Gasteiger charge is -2.51. The van der Waals surface area contributed by atoms with Gasteiger partial charge in [-0.2, -0.15) is 0 Å². The molecule has 0 aromatic rings. The molecule has 3 nitrogen and oxygen atoms in total. The summed E-state index contributed by atoms with van der Waals surface area (Å²) in [5.41, 5.74) is 0.198. The third-order valence-electron chi connectivity index (χ3n) is 4.37. The fraction of sp³-hybridized carbons (Fsp3) is 0.917. The zero-order valence-corrected chi connectivity index (χ0v) is 10.0. The zero-order valence-electron chi connectivity index (χ0n) is 10.0. The molecule has 1 heterocycles. The molecular formula is C12H20O3. The molecule has 0 amide bonds. The molecule has 1 aliphatic carbocycles. The maximum atomic E-state index is 11.4. The number of rotatable bonds is 3. The molecule has 2 rings (SSSR count). The van der Waals surface area contributed by atoms with Gasteiger partial charge in [0.15, 0.2) is 0 Å². The maximum absolute atomic E-state index is 11.4. The average molecular weight is 212 g/mol. The zero-order chi connectivity index (χ0) is 11.3. The number of carbonyl (C=O) groups excluding carboxylic acids is 1. The normalized spacial score (nSPS) is 41.1. The fourth-order valence-electron chi connectivity index (χ4n) is 3.02. The monoisotopic (exact) mass is 212 g/mol. The summed E-state index contributed by atoms with van der Waals surface area (Å²) in [5, 5.41) is 0. The lowest BCUT2D eigenvalue weighted by atomic mass is 9.52. The third-order valence-corrected chi connectivity index (χ3v) is 4.37. The minimum Gasteiger partial charge on any atom is -0.466 e. The molecular weight excluding hydrogens is 192 g/mol. The second-order valence-corrected chi connectivity index (χ2v) is 5.28. The highest BCUT2D eigenvalue weighted by Crippen LogP contribution is 2.67. The Morgan fingerprint density at radius 3 is 2.53 bits per heavy atom. The van der Waals surface area contributed by atoms with Gasteiger partial charge in [0.05, 0.1) is 12.7 Å². The summed E-state index contributed by atoms with van der Waals surface area (Å²) in [6.07, 6.45) is 1.92. The van der Waals surface area contributed by atoms with Gasteiger partial charge in [-0.15, -0.1) is 0 Å². The minimum absolute atomic E-state index is 0.0706. The van der Waals surface area contributed by atoms with E-state index in [0.29, 0.717) is 25.0 Å². The molecule has 0 radical (unpaired) electrons. The van der Waals surface area contributed by atoms with E-state index in [1.54, 1.807) is 0 Å². The molecule has 86 valence electrons. The van der Waals surface area contributed by atoms with Crippen LogP contribution in [0.1, 0.15) is 40.5 Å². The lowest BCUT2D eigenvalue weighted by Crippen LogP contribution is -2.54. The second-order valence-electron chi connectivity index (χ2n) is 5.28. The SMILES string of the molecule is CCOC(=O)C[C@@H]1C[C@]2(O[C@H]2C)C1(C)C. The average Bonchev–Trinajstić information content (AvgIpc) is 2.80. The van der Waals surface area contributed by atoms with E-state index in [0.717, 1.165) is 6.42 Å². The maximum Gasteiger partial charge on any atom is 0.306 e. The molecule has 1 spiro atoms. The first-order chi connectivity index (χ1) is 6.94. The molecule has 1 aliphatic heterocycles. The second kappa shape index (κ2) is 3.21. The smallest absolute Gasteiger partial charge is 0.306 e. The fourth-order valence-corrected chi connectivity index (χ4v) is 3.02. The highest BCUT2D eigenvalue weighted by atomic mass is 16.6. The van der Waals surface area contributed by atoms with Crippen molar-refractivity contribution in [1.29, 1.82) is 0 Å². The Hall–Kier alpha value is -0.570. The molecule has 2 fully saturated rings. The van der Waals surface area contributed by atoms with Crippen molar-refractivity contribution in [3.05, 3.63) is 0 Å². The van der Waals surface area contributed by atoms with Crippen molar-refractivity contribution in [2.45, 2.75) is 52.2 Å². The van der Waals surface area contributed by atoms with Crippen LogP contribution < -0.4 is 0 Å². The van der Waals surface area contributed by atoms with Crippen LogP contribution in [-0.2, 0) is 14.3 Å². The van der Waals surface area contributed by atoms with E-state index in [9.17, 15) is 4.79 Å². The van der Waals surface area contributed by atoms with E-state index < -0.39 is 0 Å². The first-order valence-corrected chi connectivity index (χ1v) is 5.77. The summed E-state index contributed by atoms with van der Waals surface area (Å²) in [5.74, 6) is 0.347. The van der Waals surface area contributed by atoms with Crippen LogP contribution in [-0.4, -0.2) is 24.3 Å². The lowest BCUT2D eigenvalue weighted by molar-refractivity contribution is -0.150. The van der Waals surface area contributed by atoms with Gasteiger partial charge in [-0.25, -0.2) is 0 Å². The van der Waals surface area contributed by atoms with Gasteiger partial charge in [0.2, 0.25) is 0 Å². The van der Waals surface area contributed by atoms with Crippen molar-refractivity contribution < 1.29 is 14.3 Å². The van der Waals surface area contributed by atoms with Gasteiger partial charge in [0.1, 0.15) is 5.60 Å². The van der Waals surface area contributed by atoms with E-state index in [2.05, 4.69) is 20.8 Å². The third kappa shape index (κ3) is 1.40. The van der Waals surface area contributed by atoms with E-state index >= 15 is 0 Å². The first-order valence-electron chi connectivity index (χ1n) is 5.77. The van der Waals surface area contributed by atoms with Crippen molar-refractivity contribution in [3.63, 3.8) is 0 Å². The Morgan fingerprint density at radius 2 is 2.13 bits per heavy atom. The topological polar surface area (TPSA) is 38.8 Å². The van der Waals surface area contributed by atoms with Crippen molar-refractivity contribution in [3.8, 4) is 0 Å². The van der Waals surface area contributed by atoms with Gasteiger partial charge >= 0.3 is 5.97 Å². The number of esters is 1. The van der Waals surface area contributed by atoms with Crippen LogP contribution >= 0.6 is 0 Å². The first kappa shape index (κ1) is 10.9. The molecule has 0 N–H and O–H groups in total. The van der Waals surface area contributed by atoms with Crippen LogP contribution in [0.4, 0.5) is 0 Å². The molecule has 1 saturated heterocycles. The number of ether oxygens (including phenoxy) is 2. The standard InChI is InChI=1S/C12H20O3/c1-5-14-10(13)6-9-7-12(8(2)15-12)11(9,3)4/h8-9H,5-7H2,1-4H3/t8-,9+,12+/m0/s1. The minimum atomic E-state index is -0.0706. The summed E-state index contributed by atoms with van der Waals surface area (Å²) >= 11 is 0. The summed E-state index contributed by atoms with van der Waals surface area (Å²) in [7, 11) is 0. The Labute approximate surface area is 91.1 Å². The predicted molar refractivity (Wildman–Crippen MR) is 56.4 cm³/mol. The number of hydrogen-bond acceptors (Lipinski definition) is 3. The number of epoxide rings is 1. The van der Waals surface area contributed by atoms with Crippen LogP contribution in [0.2, 0.25) is 0 Å². The van der Waals surface area contributed by atoms with Crippen molar-refractivity contribution in [2.75, 3.05) is 6.61 Å². The van der Waals surface area contributed by atoms with Crippen LogP contribution in [0.15, 0.2) is 0 Å². The van der Waals surface area contributed by atoms with Gasteiger partial charge in [-0.3, -0.25) is 4.79 Å². The van der Waals surface area contributed by atoms with Crippen LogP contribution in [0.3, 0.4) is 0 Å². The highest BCUT2D eigenvalue weighted by molar-refractivity contribution is 5.70. The number of carbonyl (C=O) groups is 1. The molecule has 0 bridgehead atoms. The van der Waals surface area contributed by atoms with Crippen molar-refractivity contribution in [1.82, 2.24) is 0 Å². The Kier molecular flexibility index (Phi) is 2.34. The Morgan fingerprint density at radius 1 is 1.53 bits per heavy atom. The molecule has 2 aliphatic rings. The van der Waals surface area contributed by atoms with Crippen LogP contribution in [0, 0.1) is 11.3 Å². The summed E-state index contributed by atoms with van der Waals surface area (Å²) in [4.78, 5) is 11.4. The van der Waals surface area contributed by atoms with Crippen LogP contribution in [0.25, 0.3) is 0 Å². The van der Waals surface area contributed by atoms with E-state index in [4.69, 9.17) is 9.47 Å². The van der Waals surface area contributed by atoms with Crippen LogP contribution in [0.5, 0.6) is 0 Å². The van der Waals surface area contributed by atoms with Gasteiger partial charge in [-0.1, -0.05) is 13.8 Å². The summed E-state index contributed by atoms with van der Waals surface area (Å²) in [6, 6.07) is 0. The van der Waals surface area contributed by atoms with Gasteiger partial charge < -0.3 is 9.47 Å². The van der Waals surface area contributed by atoms with E-state index in [-0.39, 0.29) is 17.0 Å². The largest absolute Gasteiger partial charge is 0.466 e. The quantitative estimate of drug-likeness (QED) is 0.531. The van der Waals surface area contributed by atoms with Gasteiger partial charge in [-0.05, 0) is 31.6 Å². The molecule has 15 heavy (non-hydrogen) atoms. The van der Waals surface area contributed by atoms with Gasteiger partial charge in [0, 0.05) is 6.42 Å². The van der Waals surface area contributed by atoms with Crippen molar-refractivity contribution in [2.24, 2.45) is 11.3 Å². The molecule has 1 saturated carbocycles. The predicted octanol–water partition coefficient (Wildman–Crippen LogP) is 2.14. The van der Waals surface area contributed by atoms with Gasteiger partial charge in [0.25, 0.3) is 0 Å². The van der Waals surface area contributed by atoms with Crippen molar-refractivity contribution >= 4 is 5.97 Å².